The van der Waals surface area contributed by atoms with E-state index in [1.807, 2.05) is 0 Å². The number of rotatable bonds is 3. The average molecular weight is 449 g/mol. The van der Waals surface area contributed by atoms with Crippen LogP contribution in [0.2, 0.25) is 0 Å². The molecule has 0 aliphatic carbocycles. The van der Waals surface area contributed by atoms with Crippen LogP contribution in [0.3, 0.4) is 0 Å². The standard InChI is InChI=1S/C21H15F4N3O4/c22-12-1-3-15(21(23,24)25)14(8-12)19-26-20(32-27-19)11-7-18(29)28(10-11)13-2-4-16-17(9-13)31-6-5-30-16/h1-4,8-9,11H,5-7,10H2. The molecule has 0 spiro atoms. The lowest BCUT2D eigenvalue weighted by Gasteiger charge is -2.22. The van der Waals surface area contributed by atoms with Crippen molar-refractivity contribution in [3.05, 3.63) is 53.7 Å². The SMILES string of the molecule is O=C1CC(c2nc(-c3cc(F)ccc3C(F)(F)F)no2)CN1c1ccc2c(c1)OCCO2. The lowest BCUT2D eigenvalue weighted by molar-refractivity contribution is -0.137. The van der Waals surface area contributed by atoms with Crippen molar-refractivity contribution in [2.75, 3.05) is 24.7 Å². The van der Waals surface area contributed by atoms with E-state index in [9.17, 15) is 22.4 Å². The van der Waals surface area contributed by atoms with Crippen molar-refractivity contribution in [3.8, 4) is 22.9 Å². The van der Waals surface area contributed by atoms with Crippen LogP contribution in [0.1, 0.15) is 23.8 Å². The number of fused-ring (bicyclic) bond motifs is 1. The minimum absolute atomic E-state index is 0.00535. The van der Waals surface area contributed by atoms with Crippen LogP contribution in [0.4, 0.5) is 23.2 Å². The number of carbonyl (C=O) groups excluding carboxylic acids is 1. The first-order valence-corrected chi connectivity index (χ1v) is 9.70. The molecule has 7 nitrogen and oxygen atoms in total. The molecule has 2 aromatic carbocycles. The highest BCUT2D eigenvalue weighted by Gasteiger charge is 2.38. The molecule has 2 aliphatic heterocycles. The molecule has 11 heteroatoms. The Morgan fingerprint density at radius 2 is 1.81 bits per heavy atom. The molecule has 1 amide bonds. The highest BCUT2D eigenvalue weighted by atomic mass is 19.4. The molecule has 3 heterocycles. The van der Waals surface area contributed by atoms with Gasteiger partial charge in [-0.25, -0.2) is 4.39 Å². The van der Waals surface area contributed by atoms with Gasteiger partial charge in [-0.3, -0.25) is 4.79 Å². The molecule has 1 aromatic heterocycles. The fraction of sp³-hybridized carbons (Fsp3) is 0.286. The van der Waals surface area contributed by atoms with Gasteiger partial charge in [-0.15, -0.1) is 0 Å². The highest BCUT2D eigenvalue weighted by Crippen LogP contribution is 2.39. The maximum absolute atomic E-state index is 13.6. The van der Waals surface area contributed by atoms with Crippen LogP contribution in [0.5, 0.6) is 11.5 Å². The minimum Gasteiger partial charge on any atom is -0.486 e. The van der Waals surface area contributed by atoms with Gasteiger partial charge in [0.05, 0.1) is 11.5 Å². The molecule has 3 aromatic rings. The van der Waals surface area contributed by atoms with Crippen molar-refractivity contribution >= 4 is 11.6 Å². The van der Waals surface area contributed by atoms with Crippen LogP contribution in [-0.2, 0) is 11.0 Å². The number of carbonyl (C=O) groups is 1. The summed E-state index contributed by atoms with van der Waals surface area (Å²) in [7, 11) is 0. The third kappa shape index (κ3) is 3.63. The van der Waals surface area contributed by atoms with Crippen molar-refractivity contribution in [3.63, 3.8) is 0 Å². The molecule has 5 rings (SSSR count). The van der Waals surface area contributed by atoms with E-state index in [0.717, 1.165) is 0 Å². The van der Waals surface area contributed by atoms with E-state index in [1.54, 1.807) is 18.2 Å². The second-order valence-corrected chi connectivity index (χ2v) is 7.38. The Balaban J connectivity index is 1.40. The normalized spacial score (nSPS) is 18.3. The Morgan fingerprint density at radius 3 is 2.59 bits per heavy atom. The number of amides is 1. The van der Waals surface area contributed by atoms with E-state index >= 15 is 0 Å². The molecule has 0 N–H and O–H groups in total. The van der Waals surface area contributed by atoms with Crippen LogP contribution in [0, 0.1) is 5.82 Å². The summed E-state index contributed by atoms with van der Waals surface area (Å²) in [5, 5.41) is 3.61. The Labute approximate surface area is 178 Å². The van der Waals surface area contributed by atoms with E-state index in [0.29, 0.717) is 48.6 Å². The van der Waals surface area contributed by atoms with Crippen LogP contribution in [0.15, 0.2) is 40.9 Å². The van der Waals surface area contributed by atoms with Gasteiger partial charge in [0.2, 0.25) is 17.6 Å². The summed E-state index contributed by atoms with van der Waals surface area (Å²) in [5.41, 5.74) is -1.02. The second-order valence-electron chi connectivity index (χ2n) is 7.38. The fourth-order valence-electron chi connectivity index (χ4n) is 3.78. The number of ether oxygens (including phenoxy) is 2. The van der Waals surface area contributed by atoms with Gasteiger partial charge in [0.15, 0.2) is 11.5 Å². The Hall–Kier alpha value is -3.63. The lowest BCUT2D eigenvalue weighted by atomic mass is 10.1. The van der Waals surface area contributed by atoms with E-state index in [4.69, 9.17) is 14.0 Å². The van der Waals surface area contributed by atoms with Crippen molar-refractivity contribution in [2.45, 2.75) is 18.5 Å². The van der Waals surface area contributed by atoms with Gasteiger partial charge in [0.25, 0.3) is 0 Å². The summed E-state index contributed by atoms with van der Waals surface area (Å²) in [6, 6.07) is 7.17. The number of anilines is 1. The molecule has 1 saturated heterocycles. The smallest absolute Gasteiger partial charge is 0.417 e. The zero-order chi connectivity index (χ0) is 22.5. The van der Waals surface area contributed by atoms with E-state index < -0.39 is 34.9 Å². The maximum Gasteiger partial charge on any atom is 0.417 e. The Bertz CT molecular complexity index is 1190. The molecule has 0 radical (unpaired) electrons. The molecule has 1 unspecified atom stereocenters. The number of halogens is 4. The second kappa shape index (κ2) is 7.50. The summed E-state index contributed by atoms with van der Waals surface area (Å²) < 4.78 is 69.7. The third-order valence-electron chi connectivity index (χ3n) is 5.28. The molecule has 2 aliphatic rings. The molecule has 1 atom stereocenters. The predicted molar refractivity (Wildman–Crippen MR) is 102 cm³/mol. The van der Waals surface area contributed by atoms with E-state index in [-0.39, 0.29) is 24.8 Å². The van der Waals surface area contributed by atoms with Gasteiger partial charge < -0.3 is 18.9 Å². The molecule has 0 bridgehead atoms. The van der Waals surface area contributed by atoms with Gasteiger partial charge in [0.1, 0.15) is 19.0 Å². The summed E-state index contributed by atoms with van der Waals surface area (Å²) in [5.74, 6) is -0.882. The Morgan fingerprint density at radius 1 is 1.03 bits per heavy atom. The fourth-order valence-corrected chi connectivity index (χ4v) is 3.78. The largest absolute Gasteiger partial charge is 0.486 e. The summed E-state index contributed by atoms with van der Waals surface area (Å²) in [4.78, 5) is 18.2. The number of benzene rings is 2. The van der Waals surface area contributed by atoms with Crippen molar-refractivity contribution in [1.82, 2.24) is 10.1 Å². The molecule has 32 heavy (non-hydrogen) atoms. The summed E-state index contributed by atoms with van der Waals surface area (Å²) >= 11 is 0. The number of hydrogen-bond donors (Lipinski definition) is 0. The number of hydrogen-bond acceptors (Lipinski definition) is 6. The number of alkyl halides is 3. The van der Waals surface area contributed by atoms with Crippen LogP contribution in [-0.4, -0.2) is 35.8 Å². The number of nitrogens with zero attached hydrogens (tertiary/aromatic N) is 3. The van der Waals surface area contributed by atoms with Crippen LogP contribution >= 0.6 is 0 Å². The number of aromatic nitrogens is 2. The minimum atomic E-state index is -4.72. The van der Waals surface area contributed by atoms with Gasteiger partial charge in [-0.05, 0) is 30.3 Å². The summed E-state index contributed by atoms with van der Waals surface area (Å²) in [6.07, 6.45) is -4.69. The molecular formula is C21H15F4N3O4. The first kappa shape index (κ1) is 20.3. The zero-order valence-electron chi connectivity index (χ0n) is 16.4. The Kier molecular flexibility index (Phi) is 4.75. The zero-order valence-corrected chi connectivity index (χ0v) is 16.4. The van der Waals surface area contributed by atoms with Gasteiger partial charge >= 0.3 is 6.18 Å². The van der Waals surface area contributed by atoms with Crippen molar-refractivity contribution in [1.29, 1.82) is 0 Å². The highest BCUT2D eigenvalue weighted by molar-refractivity contribution is 5.96. The summed E-state index contributed by atoms with van der Waals surface area (Å²) in [6.45, 7) is 1.03. The van der Waals surface area contributed by atoms with E-state index in [1.165, 1.54) is 4.90 Å². The third-order valence-corrected chi connectivity index (χ3v) is 5.28. The van der Waals surface area contributed by atoms with Gasteiger partial charge in [0, 0.05) is 30.3 Å². The first-order valence-electron chi connectivity index (χ1n) is 9.70. The van der Waals surface area contributed by atoms with Gasteiger partial charge in [-0.1, -0.05) is 5.16 Å². The maximum atomic E-state index is 13.6. The quantitative estimate of drug-likeness (QED) is 0.559. The van der Waals surface area contributed by atoms with E-state index in [2.05, 4.69) is 10.1 Å². The molecule has 166 valence electrons. The monoisotopic (exact) mass is 449 g/mol. The van der Waals surface area contributed by atoms with Crippen molar-refractivity contribution < 1.29 is 36.4 Å². The van der Waals surface area contributed by atoms with Gasteiger partial charge in [-0.2, -0.15) is 18.2 Å². The predicted octanol–water partition coefficient (Wildman–Crippen LogP) is 4.19. The average Bonchev–Trinajstić information content (AvgIpc) is 3.39. The van der Waals surface area contributed by atoms with Crippen LogP contribution in [0.25, 0.3) is 11.4 Å². The molecular weight excluding hydrogens is 434 g/mol. The van der Waals surface area contributed by atoms with Crippen molar-refractivity contribution in [2.24, 2.45) is 0 Å². The topological polar surface area (TPSA) is 77.7 Å². The molecule has 1 fully saturated rings. The molecule has 0 saturated carbocycles. The van der Waals surface area contributed by atoms with Crippen LogP contribution < -0.4 is 14.4 Å². The first-order chi connectivity index (χ1) is 15.3. The lowest BCUT2D eigenvalue weighted by Crippen LogP contribution is -2.24.